The van der Waals surface area contributed by atoms with E-state index in [1.165, 1.54) is 4.70 Å². The molecule has 134 valence electrons. The van der Waals surface area contributed by atoms with E-state index in [9.17, 15) is 4.79 Å². The van der Waals surface area contributed by atoms with Gasteiger partial charge in [0.2, 0.25) is 5.91 Å². The molecule has 2 aromatic heterocycles. The van der Waals surface area contributed by atoms with Crippen molar-refractivity contribution in [2.75, 3.05) is 5.32 Å². The Kier molecular flexibility index (Phi) is 4.02. The molecule has 1 amide bonds. The number of carbonyl (C=O) groups excluding carboxylic acids is 1. The van der Waals surface area contributed by atoms with E-state index >= 15 is 0 Å². The summed E-state index contributed by atoms with van der Waals surface area (Å²) in [6.07, 6.45) is 7.79. The molecule has 2 aromatic carbocycles. The largest absolute Gasteiger partial charge is 0.361 e. The quantitative estimate of drug-likeness (QED) is 0.468. The fourth-order valence-corrected chi connectivity index (χ4v) is 4.99. The van der Waals surface area contributed by atoms with Crippen LogP contribution in [0.15, 0.2) is 66.9 Å². The van der Waals surface area contributed by atoms with Crippen molar-refractivity contribution < 1.29 is 4.79 Å². The summed E-state index contributed by atoms with van der Waals surface area (Å²) in [5.41, 5.74) is 2.90. The van der Waals surface area contributed by atoms with Gasteiger partial charge in [0.1, 0.15) is 0 Å². The van der Waals surface area contributed by atoms with Gasteiger partial charge >= 0.3 is 0 Å². The smallest absolute Gasteiger partial charge is 0.228 e. The van der Waals surface area contributed by atoms with Gasteiger partial charge < -0.3 is 10.3 Å². The average Bonchev–Trinajstić information content (AvgIpc) is 3.35. The Morgan fingerprint density at radius 1 is 1.07 bits per heavy atom. The van der Waals surface area contributed by atoms with Crippen LogP contribution >= 0.6 is 11.3 Å². The Balaban J connectivity index is 1.45. The van der Waals surface area contributed by atoms with E-state index in [1.54, 1.807) is 11.3 Å². The lowest BCUT2D eigenvalue weighted by Crippen LogP contribution is -2.29. The summed E-state index contributed by atoms with van der Waals surface area (Å²) >= 11 is 1.71. The number of rotatable bonds is 3. The second-order valence-corrected chi connectivity index (χ2v) is 7.97. The number of amides is 1. The average molecular weight is 373 g/mol. The van der Waals surface area contributed by atoms with Crippen molar-refractivity contribution in [2.45, 2.75) is 18.8 Å². The van der Waals surface area contributed by atoms with Crippen LogP contribution in [-0.2, 0) is 4.79 Å². The topological polar surface area (TPSA) is 57.8 Å². The van der Waals surface area contributed by atoms with E-state index in [-0.39, 0.29) is 17.7 Å². The highest BCUT2D eigenvalue weighted by Crippen LogP contribution is 2.39. The van der Waals surface area contributed by atoms with E-state index in [4.69, 9.17) is 4.98 Å². The number of hydrogen-bond acceptors (Lipinski definition) is 3. The summed E-state index contributed by atoms with van der Waals surface area (Å²) in [4.78, 5) is 21.2. The van der Waals surface area contributed by atoms with Gasteiger partial charge in [0.15, 0.2) is 0 Å². The molecule has 0 saturated heterocycles. The van der Waals surface area contributed by atoms with Crippen molar-refractivity contribution in [2.24, 2.45) is 5.92 Å². The Hall–Kier alpha value is -2.92. The van der Waals surface area contributed by atoms with Gasteiger partial charge in [-0.2, -0.15) is 0 Å². The summed E-state index contributed by atoms with van der Waals surface area (Å²) in [7, 11) is 0. The second-order valence-electron chi connectivity index (χ2n) is 6.91. The molecule has 5 rings (SSSR count). The fourth-order valence-electron chi connectivity index (χ4n) is 3.85. The molecular formula is C22H19N3OS. The molecule has 0 spiro atoms. The number of nitrogens with one attached hydrogen (secondary N) is 2. The number of fused-ring (bicyclic) bond motifs is 2. The molecule has 0 radical (unpaired) electrons. The van der Waals surface area contributed by atoms with Gasteiger partial charge in [0, 0.05) is 23.0 Å². The SMILES string of the molecule is O=C(Nc1cccc2[nH]ccc12)C1CC=CCC1c1nc2ccccc2s1. The number of hydrogen-bond donors (Lipinski definition) is 2. The van der Waals surface area contributed by atoms with Crippen molar-refractivity contribution in [3.8, 4) is 0 Å². The van der Waals surface area contributed by atoms with Crippen molar-refractivity contribution >= 4 is 44.1 Å². The molecule has 1 aliphatic carbocycles. The van der Waals surface area contributed by atoms with E-state index in [1.807, 2.05) is 48.7 Å². The molecule has 27 heavy (non-hydrogen) atoms. The molecule has 2 N–H and O–H groups in total. The Bertz CT molecular complexity index is 1120. The van der Waals surface area contributed by atoms with Gasteiger partial charge in [0.25, 0.3) is 0 Å². The van der Waals surface area contributed by atoms with E-state index in [0.717, 1.165) is 40.0 Å². The predicted octanol–water partition coefficient (Wildman–Crippen LogP) is 5.47. The predicted molar refractivity (Wildman–Crippen MR) is 111 cm³/mol. The van der Waals surface area contributed by atoms with Crippen molar-refractivity contribution in [1.29, 1.82) is 0 Å². The lowest BCUT2D eigenvalue weighted by Gasteiger charge is -2.26. The molecule has 0 saturated carbocycles. The second kappa shape index (κ2) is 6.67. The van der Waals surface area contributed by atoms with Gasteiger partial charge in [-0.15, -0.1) is 11.3 Å². The summed E-state index contributed by atoms with van der Waals surface area (Å²) < 4.78 is 1.18. The molecule has 2 heterocycles. The van der Waals surface area contributed by atoms with Crippen molar-refractivity contribution in [1.82, 2.24) is 9.97 Å². The standard InChI is InChI=1S/C22H19N3OS/c26-21(24-18-10-5-9-17-16(18)12-13-23-17)14-6-1-2-7-15(14)22-25-19-8-3-4-11-20(19)27-22/h1-5,8-15,23H,6-7H2,(H,24,26). The minimum absolute atomic E-state index is 0.0670. The van der Waals surface area contributed by atoms with Crippen LogP contribution in [0.1, 0.15) is 23.8 Å². The monoisotopic (exact) mass is 373 g/mol. The first kappa shape index (κ1) is 16.3. The molecule has 4 nitrogen and oxygen atoms in total. The van der Waals surface area contributed by atoms with Crippen LogP contribution < -0.4 is 5.32 Å². The van der Waals surface area contributed by atoms with Gasteiger partial charge in [0.05, 0.1) is 26.8 Å². The summed E-state index contributed by atoms with van der Waals surface area (Å²) in [6, 6.07) is 16.1. The lowest BCUT2D eigenvalue weighted by molar-refractivity contribution is -0.120. The molecule has 0 fully saturated rings. The molecule has 0 bridgehead atoms. The highest BCUT2D eigenvalue weighted by Gasteiger charge is 2.32. The number of H-pyrrole nitrogens is 1. The Morgan fingerprint density at radius 3 is 2.89 bits per heavy atom. The fraction of sp³-hybridized carbons (Fsp3) is 0.182. The molecule has 0 aliphatic heterocycles. The van der Waals surface area contributed by atoms with Crippen LogP contribution in [-0.4, -0.2) is 15.9 Å². The van der Waals surface area contributed by atoms with E-state index < -0.39 is 0 Å². The maximum atomic E-state index is 13.2. The zero-order valence-electron chi connectivity index (χ0n) is 14.7. The van der Waals surface area contributed by atoms with Crippen molar-refractivity contribution in [3.63, 3.8) is 0 Å². The molecule has 2 unspecified atom stereocenters. The number of aromatic nitrogens is 2. The van der Waals surface area contributed by atoms with Crippen molar-refractivity contribution in [3.05, 3.63) is 71.9 Å². The number of aromatic amines is 1. The Labute approximate surface area is 160 Å². The van der Waals surface area contributed by atoms with Crippen LogP contribution in [0.25, 0.3) is 21.1 Å². The Morgan fingerprint density at radius 2 is 1.96 bits per heavy atom. The summed E-state index contributed by atoms with van der Waals surface area (Å²) in [5, 5.41) is 5.25. The maximum Gasteiger partial charge on any atom is 0.228 e. The molecule has 1 aliphatic rings. The number of allylic oxidation sites excluding steroid dienone is 2. The van der Waals surface area contributed by atoms with Crippen LogP contribution in [0.3, 0.4) is 0 Å². The van der Waals surface area contributed by atoms with Crippen LogP contribution in [0.2, 0.25) is 0 Å². The van der Waals surface area contributed by atoms with Gasteiger partial charge in [-0.05, 0) is 43.2 Å². The van der Waals surface area contributed by atoms with E-state index in [2.05, 4.69) is 28.5 Å². The molecular weight excluding hydrogens is 354 g/mol. The number of carbonyl (C=O) groups is 1. The number of anilines is 1. The van der Waals surface area contributed by atoms with Crippen LogP contribution in [0, 0.1) is 5.92 Å². The minimum atomic E-state index is -0.107. The third-order valence-electron chi connectivity index (χ3n) is 5.25. The summed E-state index contributed by atoms with van der Waals surface area (Å²) in [5.74, 6) is 0.0832. The summed E-state index contributed by atoms with van der Waals surface area (Å²) in [6.45, 7) is 0. The molecule has 4 aromatic rings. The maximum absolute atomic E-state index is 13.2. The first-order valence-electron chi connectivity index (χ1n) is 9.17. The highest BCUT2D eigenvalue weighted by atomic mass is 32.1. The van der Waals surface area contributed by atoms with E-state index in [0.29, 0.717) is 0 Å². The third-order valence-corrected chi connectivity index (χ3v) is 6.42. The van der Waals surface area contributed by atoms with Gasteiger partial charge in [-0.25, -0.2) is 4.98 Å². The van der Waals surface area contributed by atoms with Crippen LogP contribution in [0.4, 0.5) is 5.69 Å². The normalized spacial score (nSPS) is 19.6. The zero-order valence-corrected chi connectivity index (χ0v) is 15.5. The molecule has 5 heteroatoms. The number of benzene rings is 2. The zero-order chi connectivity index (χ0) is 18.2. The van der Waals surface area contributed by atoms with Gasteiger partial charge in [-0.1, -0.05) is 30.4 Å². The number of para-hydroxylation sites is 1. The first-order chi connectivity index (χ1) is 13.3. The van der Waals surface area contributed by atoms with Crippen LogP contribution in [0.5, 0.6) is 0 Å². The third kappa shape index (κ3) is 2.94. The highest BCUT2D eigenvalue weighted by molar-refractivity contribution is 7.18. The first-order valence-corrected chi connectivity index (χ1v) is 9.99. The number of thiazole rings is 1. The minimum Gasteiger partial charge on any atom is -0.361 e. The number of nitrogens with zero attached hydrogens (tertiary/aromatic N) is 1. The van der Waals surface area contributed by atoms with Gasteiger partial charge in [-0.3, -0.25) is 4.79 Å². The lowest BCUT2D eigenvalue weighted by atomic mass is 9.82. The molecule has 2 atom stereocenters.